The van der Waals surface area contributed by atoms with E-state index in [1.165, 1.54) is 18.3 Å². The highest BCUT2D eigenvalue weighted by molar-refractivity contribution is 7.51. The van der Waals surface area contributed by atoms with E-state index < -0.39 is 27.5 Å². The molecule has 1 heterocycles. The fourth-order valence-corrected chi connectivity index (χ4v) is 2.58. The minimum Gasteiger partial charge on any atom is -0.324 e. The fraction of sp³-hybridized carbons (Fsp3) is 0.286. The summed E-state index contributed by atoms with van der Waals surface area (Å²) >= 11 is 0. The van der Waals surface area contributed by atoms with Gasteiger partial charge < -0.3 is 19.6 Å². The molecular weight excluding hydrogens is 256 g/mol. The first-order valence-corrected chi connectivity index (χ1v) is 7.79. The number of nitrogens with zero attached hydrogens (tertiary/aromatic N) is 1. The zero-order chi connectivity index (χ0) is 12.4. The maximum atomic E-state index is 10.8. The molecule has 16 heavy (non-hydrogen) atoms. The monoisotopic (exact) mass is 267 g/mol. The lowest BCUT2D eigenvalue weighted by Crippen LogP contribution is -1.99. The third-order valence-corrected chi connectivity index (χ3v) is 3.18. The molecule has 1 rings (SSSR count). The van der Waals surface area contributed by atoms with Crippen LogP contribution >= 0.6 is 15.2 Å². The van der Waals surface area contributed by atoms with Crippen molar-refractivity contribution in [1.29, 1.82) is 0 Å². The van der Waals surface area contributed by atoms with Crippen LogP contribution in [0.2, 0.25) is 0 Å². The Bertz CT molecular complexity index is 421. The summed E-state index contributed by atoms with van der Waals surface area (Å²) in [5.74, 6) is 0. The van der Waals surface area contributed by atoms with Gasteiger partial charge in [0.15, 0.2) is 0 Å². The standard InChI is InChI=1S/C7H11NO6P2/c9-15(10,11)4-6-2-1-3-8-7(6)5-16(12,13)14/h1-3H,4-5H2,(H2,9,10,11)(H2,12,13,14). The van der Waals surface area contributed by atoms with E-state index in [0.717, 1.165) is 0 Å². The normalized spacial score (nSPS) is 12.8. The minimum absolute atomic E-state index is 0.0131. The fourth-order valence-electron chi connectivity index (χ4n) is 1.17. The first-order chi connectivity index (χ1) is 7.17. The van der Waals surface area contributed by atoms with Crippen molar-refractivity contribution in [2.75, 3.05) is 0 Å². The molecule has 0 aliphatic heterocycles. The smallest absolute Gasteiger partial charge is 0.324 e. The quantitative estimate of drug-likeness (QED) is 0.582. The molecule has 0 atom stereocenters. The molecular formula is C7H11NO6P2. The largest absolute Gasteiger partial charge is 0.331 e. The Labute approximate surface area is 91.5 Å². The Kier molecular flexibility index (Phi) is 4.02. The van der Waals surface area contributed by atoms with Crippen molar-refractivity contribution in [2.45, 2.75) is 12.3 Å². The average molecular weight is 267 g/mol. The zero-order valence-electron chi connectivity index (χ0n) is 8.09. The summed E-state index contributed by atoms with van der Waals surface area (Å²) in [6.07, 6.45) is 0.119. The van der Waals surface area contributed by atoms with E-state index in [1.807, 2.05) is 0 Å². The van der Waals surface area contributed by atoms with Crippen molar-refractivity contribution >= 4 is 15.2 Å². The van der Waals surface area contributed by atoms with Gasteiger partial charge in [-0.15, -0.1) is 0 Å². The van der Waals surface area contributed by atoms with Gasteiger partial charge in [-0.2, -0.15) is 0 Å². The number of hydrogen-bond donors (Lipinski definition) is 4. The molecule has 4 N–H and O–H groups in total. The molecule has 0 spiro atoms. The molecule has 9 heteroatoms. The lowest BCUT2D eigenvalue weighted by atomic mass is 10.2. The van der Waals surface area contributed by atoms with Gasteiger partial charge in [-0.3, -0.25) is 14.1 Å². The van der Waals surface area contributed by atoms with Crippen LogP contribution in [0.4, 0.5) is 0 Å². The Morgan fingerprint density at radius 2 is 1.62 bits per heavy atom. The molecule has 1 aromatic heterocycles. The van der Waals surface area contributed by atoms with Crippen molar-refractivity contribution in [2.24, 2.45) is 0 Å². The van der Waals surface area contributed by atoms with Crippen molar-refractivity contribution in [1.82, 2.24) is 4.98 Å². The highest BCUT2D eigenvalue weighted by Gasteiger charge is 2.21. The number of hydrogen-bond acceptors (Lipinski definition) is 3. The third-order valence-electron chi connectivity index (χ3n) is 1.72. The van der Waals surface area contributed by atoms with Gasteiger partial charge in [0.1, 0.15) is 0 Å². The van der Waals surface area contributed by atoms with Gasteiger partial charge in [-0.25, -0.2) is 0 Å². The molecule has 0 aliphatic carbocycles. The van der Waals surface area contributed by atoms with Crippen LogP contribution in [0.25, 0.3) is 0 Å². The molecule has 0 aliphatic rings. The second-order valence-electron chi connectivity index (χ2n) is 3.25. The van der Waals surface area contributed by atoms with Gasteiger partial charge in [-0.05, 0) is 11.6 Å². The van der Waals surface area contributed by atoms with Crippen LogP contribution < -0.4 is 0 Å². The van der Waals surface area contributed by atoms with Crippen LogP contribution in [0.5, 0.6) is 0 Å². The van der Waals surface area contributed by atoms with E-state index in [-0.39, 0.29) is 11.3 Å². The lowest BCUT2D eigenvalue weighted by Gasteiger charge is -2.10. The molecule has 90 valence electrons. The third kappa shape index (κ3) is 4.99. The molecule has 0 saturated carbocycles. The van der Waals surface area contributed by atoms with E-state index in [9.17, 15) is 9.13 Å². The SMILES string of the molecule is O=P(O)(O)Cc1cccnc1CP(=O)(O)O. The second-order valence-corrected chi connectivity index (χ2v) is 6.55. The van der Waals surface area contributed by atoms with Gasteiger partial charge in [0.2, 0.25) is 0 Å². The van der Waals surface area contributed by atoms with Crippen LogP contribution in [0.15, 0.2) is 18.3 Å². The second kappa shape index (κ2) is 4.75. The Morgan fingerprint density at radius 1 is 1.06 bits per heavy atom. The molecule has 0 bridgehead atoms. The van der Waals surface area contributed by atoms with Gasteiger partial charge in [0, 0.05) is 6.20 Å². The highest BCUT2D eigenvalue weighted by Crippen LogP contribution is 2.43. The summed E-state index contributed by atoms with van der Waals surface area (Å²) in [5.41, 5.74) is 0.165. The molecule has 0 amide bonds. The number of pyridine rings is 1. The summed E-state index contributed by atoms with van der Waals surface area (Å²) in [5, 5.41) is 0. The van der Waals surface area contributed by atoms with Gasteiger partial charge in [0.25, 0.3) is 0 Å². The van der Waals surface area contributed by atoms with E-state index in [0.29, 0.717) is 0 Å². The molecule has 7 nitrogen and oxygen atoms in total. The Hall–Kier alpha value is -0.550. The number of aromatic nitrogens is 1. The van der Waals surface area contributed by atoms with Crippen LogP contribution in [-0.2, 0) is 21.5 Å². The summed E-state index contributed by atoms with van der Waals surface area (Å²) in [4.78, 5) is 38.8. The van der Waals surface area contributed by atoms with Gasteiger partial charge in [-0.1, -0.05) is 6.07 Å². The topological polar surface area (TPSA) is 128 Å². The summed E-state index contributed by atoms with van der Waals surface area (Å²) in [6.45, 7) is 0. The van der Waals surface area contributed by atoms with Crippen molar-refractivity contribution in [3.8, 4) is 0 Å². The molecule has 0 saturated heterocycles. The van der Waals surface area contributed by atoms with Crippen LogP contribution in [-0.4, -0.2) is 24.6 Å². The average Bonchev–Trinajstić information content (AvgIpc) is 2.03. The van der Waals surface area contributed by atoms with E-state index >= 15 is 0 Å². The van der Waals surface area contributed by atoms with Crippen LogP contribution in [0.3, 0.4) is 0 Å². The molecule has 0 aromatic carbocycles. The van der Waals surface area contributed by atoms with E-state index in [4.69, 9.17) is 19.6 Å². The highest BCUT2D eigenvalue weighted by atomic mass is 31.2. The summed E-state index contributed by atoms with van der Waals surface area (Å²) in [7, 11) is -8.57. The predicted octanol–water partition coefficient (Wildman–Crippen LogP) is 0.437. The van der Waals surface area contributed by atoms with Crippen molar-refractivity contribution in [3.63, 3.8) is 0 Å². The zero-order valence-corrected chi connectivity index (χ0v) is 9.88. The summed E-state index contributed by atoms with van der Waals surface area (Å²) < 4.78 is 21.6. The van der Waals surface area contributed by atoms with Crippen molar-refractivity contribution < 1.29 is 28.7 Å². The maximum Gasteiger partial charge on any atom is 0.331 e. The maximum absolute atomic E-state index is 10.8. The minimum atomic E-state index is -4.30. The van der Waals surface area contributed by atoms with Gasteiger partial charge >= 0.3 is 15.2 Å². The Balaban J connectivity index is 3.01. The summed E-state index contributed by atoms with van der Waals surface area (Å²) in [6, 6.07) is 2.84. The van der Waals surface area contributed by atoms with E-state index in [1.54, 1.807) is 0 Å². The molecule has 0 radical (unpaired) electrons. The number of rotatable bonds is 4. The molecule has 1 aromatic rings. The first kappa shape index (κ1) is 13.5. The predicted molar refractivity (Wildman–Crippen MR) is 55.7 cm³/mol. The Morgan fingerprint density at radius 3 is 2.12 bits per heavy atom. The molecule has 0 fully saturated rings. The van der Waals surface area contributed by atoms with Gasteiger partial charge in [0.05, 0.1) is 18.0 Å². The molecule has 0 unspecified atom stereocenters. The van der Waals surface area contributed by atoms with Crippen LogP contribution in [0, 0.1) is 0 Å². The van der Waals surface area contributed by atoms with Crippen LogP contribution in [0.1, 0.15) is 11.3 Å². The lowest BCUT2D eigenvalue weighted by molar-refractivity contribution is 0.366. The van der Waals surface area contributed by atoms with E-state index in [2.05, 4.69) is 4.98 Å². The first-order valence-electron chi connectivity index (χ1n) is 4.19. The van der Waals surface area contributed by atoms with Crippen molar-refractivity contribution in [3.05, 3.63) is 29.6 Å².